The summed E-state index contributed by atoms with van der Waals surface area (Å²) in [4.78, 5) is 0. The Kier molecular flexibility index (Phi) is 3.10. The second kappa shape index (κ2) is 4.24. The molecule has 0 nitrogen and oxygen atoms in total. The normalized spacial score (nSPS) is 30.4. The van der Waals surface area contributed by atoms with Gasteiger partial charge in [0.05, 0.1) is 0 Å². The van der Waals surface area contributed by atoms with Crippen LogP contribution < -0.4 is 0 Å². The third-order valence-corrected chi connectivity index (χ3v) is 4.89. The maximum atomic E-state index is 2.47. The molecule has 88 valence electrons. The Hall–Kier alpha value is -0.780. The highest BCUT2D eigenvalue weighted by Gasteiger charge is 2.36. The fourth-order valence-electron chi connectivity index (χ4n) is 3.28. The number of hydrogen-bond donors (Lipinski definition) is 0. The molecule has 0 N–H and O–H groups in total. The van der Waals surface area contributed by atoms with E-state index in [-0.39, 0.29) is 0 Å². The Morgan fingerprint density at radius 2 is 1.94 bits per heavy atom. The first-order valence-electron chi connectivity index (χ1n) is 6.62. The van der Waals surface area contributed by atoms with E-state index >= 15 is 0 Å². The van der Waals surface area contributed by atoms with Crippen molar-refractivity contribution in [3.63, 3.8) is 0 Å². The van der Waals surface area contributed by atoms with Gasteiger partial charge in [0.15, 0.2) is 0 Å². The molecule has 0 aliphatic heterocycles. The van der Waals surface area contributed by atoms with E-state index in [2.05, 4.69) is 45.9 Å². The summed E-state index contributed by atoms with van der Waals surface area (Å²) in [5.41, 5.74) is 4.96. The van der Waals surface area contributed by atoms with E-state index < -0.39 is 0 Å². The van der Waals surface area contributed by atoms with Crippen molar-refractivity contribution in [2.75, 3.05) is 0 Å². The van der Waals surface area contributed by atoms with Gasteiger partial charge in [-0.1, -0.05) is 44.9 Å². The van der Waals surface area contributed by atoms with Gasteiger partial charge in [0.1, 0.15) is 0 Å². The molecule has 1 aromatic rings. The molecule has 16 heavy (non-hydrogen) atoms. The summed E-state index contributed by atoms with van der Waals surface area (Å²) < 4.78 is 0. The van der Waals surface area contributed by atoms with Crippen molar-refractivity contribution in [2.24, 2.45) is 5.92 Å². The maximum absolute atomic E-state index is 2.47. The molecule has 2 rings (SSSR count). The van der Waals surface area contributed by atoms with Crippen molar-refractivity contribution in [3.05, 3.63) is 34.9 Å². The zero-order valence-electron chi connectivity index (χ0n) is 11.1. The molecule has 1 aliphatic rings. The highest BCUT2D eigenvalue weighted by atomic mass is 14.4. The zero-order chi connectivity index (χ0) is 11.8. The molecule has 1 aromatic carbocycles. The first-order chi connectivity index (χ1) is 7.55. The molecule has 1 saturated carbocycles. The van der Waals surface area contributed by atoms with Crippen LogP contribution in [0.1, 0.15) is 56.2 Å². The highest BCUT2D eigenvalue weighted by molar-refractivity contribution is 5.39. The minimum atomic E-state index is 0.411. The van der Waals surface area contributed by atoms with E-state index in [9.17, 15) is 0 Å². The Labute approximate surface area is 100 Å². The summed E-state index contributed by atoms with van der Waals surface area (Å²) in [6.45, 7) is 9.42. The lowest BCUT2D eigenvalue weighted by atomic mass is 9.63. The van der Waals surface area contributed by atoms with E-state index in [1.807, 2.05) is 0 Å². The van der Waals surface area contributed by atoms with Crippen LogP contribution in [0, 0.1) is 19.8 Å². The molecule has 0 heteroatoms. The van der Waals surface area contributed by atoms with Crippen molar-refractivity contribution in [3.8, 4) is 0 Å². The lowest BCUT2D eigenvalue weighted by molar-refractivity contribution is 0.220. The molecule has 0 saturated heterocycles. The summed E-state index contributed by atoms with van der Waals surface area (Å²) in [5, 5.41) is 0. The number of aryl methyl sites for hydroxylation is 1. The lowest BCUT2D eigenvalue weighted by Crippen LogP contribution is -2.34. The van der Waals surface area contributed by atoms with Crippen molar-refractivity contribution in [1.29, 1.82) is 0 Å². The molecule has 0 heterocycles. The zero-order valence-corrected chi connectivity index (χ0v) is 11.1. The van der Waals surface area contributed by atoms with E-state index in [4.69, 9.17) is 0 Å². The third kappa shape index (κ3) is 1.79. The molecule has 2 atom stereocenters. The van der Waals surface area contributed by atoms with Gasteiger partial charge in [-0.2, -0.15) is 0 Å². The van der Waals surface area contributed by atoms with Crippen LogP contribution in [0.4, 0.5) is 0 Å². The summed E-state index contributed by atoms with van der Waals surface area (Å²) in [5.74, 6) is 0.821. The van der Waals surface area contributed by atoms with Gasteiger partial charge in [0.2, 0.25) is 0 Å². The quantitative estimate of drug-likeness (QED) is 0.634. The summed E-state index contributed by atoms with van der Waals surface area (Å²) in [7, 11) is 0. The monoisotopic (exact) mass is 216 g/mol. The Balaban J connectivity index is 2.45. The Morgan fingerprint density at radius 1 is 1.19 bits per heavy atom. The van der Waals surface area contributed by atoms with Gasteiger partial charge in [-0.15, -0.1) is 0 Å². The van der Waals surface area contributed by atoms with Crippen molar-refractivity contribution < 1.29 is 0 Å². The second-order valence-corrected chi connectivity index (χ2v) is 5.81. The Morgan fingerprint density at radius 3 is 2.62 bits per heavy atom. The molecule has 0 amide bonds. The van der Waals surface area contributed by atoms with E-state index in [0.717, 1.165) is 5.92 Å². The van der Waals surface area contributed by atoms with Crippen LogP contribution in [0.5, 0.6) is 0 Å². The van der Waals surface area contributed by atoms with E-state index in [1.54, 1.807) is 5.56 Å². The number of benzene rings is 1. The molecule has 0 spiro atoms. The van der Waals surface area contributed by atoms with Gasteiger partial charge >= 0.3 is 0 Å². The maximum Gasteiger partial charge on any atom is -0.00469 e. The first-order valence-corrected chi connectivity index (χ1v) is 6.62. The third-order valence-electron chi connectivity index (χ3n) is 4.89. The van der Waals surface area contributed by atoms with Gasteiger partial charge in [0.25, 0.3) is 0 Å². The van der Waals surface area contributed by atoms with Crippen LogP contribution in [-0.4, -0.2) is 0 Å². The standard InChI is InChI=1S/C16H24/c1-12-8-7-10-15(14(12)3)16(4)11-6-5-9-13(16)2/h7-8,10,13H,5-6,9,11H2,1-4H3. The second-order valence-electron chi connectivity index (χ2n) is 5.81. The largest absolute Gasteiger partial charge is 0.0617 e. The summed E-state index contributed by atoms with van der Waals surface area (Å²) >= 11 is 0. The smallest absolute Gasteiger partial charge is 0.00469 e. The van der Waals surface area contributed by atoms with Gasteiger partial charge < -0.3 is 0 Å². The van der Waals surface area contributed by atoms with Gasteiger partial charge in [0, 0.05) is 0 Å². The fourth-order valence-corrected chi connectivity index (χ4v) is 3.28. The number of hydrogen-bond acceptors (Lipinski definition) is 0. The van der Waals surface area contributed by atoms with Crippen LogP contribution in [0.25, 0.3) is 0 Å². The minimum absolute atomic E-state index is 0.411. The average molecular weight is 216 g/mol. The van der Waals surface area contributed by atoms with Crippen molar-refractivity contribution >= 4 is 0 Å². The fraction of sp³-hybridized carbons (Fsp3) is 0.625. The van der Waals surface area contributed by atoms with Gasteiger partial charge in [-0.25, -0.2) is 0 Å². The van der Waals surface area contributed by atoms with Gasteiger partial charge in [-0.05, 0) is 54.7 Å². The lowest BCUT2D eigenvalue weighted by Gasteiger charge is -2.41. The van der Waals surface area contributed by atoms with Crippen LogP contribution in [0.2, 0.25) is 0 Å². The van der Waals surface area contributed by atoms with Crippen molar-refractivity contribution in [1.82, 2.24) is 0 Å². The van der Waals surface area contributed by atoms with Gasteiger partial charge in [-0.3, -0.25) is 0 Å². The molecule has 2 unspecified atom stereocenters. The van der Waals surface area contributed by atoms with Crippen LogP contribution >= 0.6 is 0 Å². The summed E-state index contributed by atoms with van der Waals surface area (Å²) in [6, 6.07) is 6.81. The van der Waals surface area contributed by atoms with Crippen LogP contribution in [0.3, 0.4) is 0 Å². The molecule has 0 bridgehead atoms. The van der Waals surface area contributed by atoms with Crippen LogP contribution in [0.15, 0.2) is 18.2 Å². The number of rotatable bonds is 1. The predicted octanol–water partition coefficient (Wildman–Crippen LogP) is 4.77. The summed E-state index contributed by atoms with van der Waals surface area (Å²) in [6.07, 6.45) is 5.57. The molecule has 1 fully saturated rings. The molecular weight excluding hydrogens is 192 g/mol. The molecular formula is C16H24. The van der Waals surface area contributed by atoms with Crippen molar-refractivity contribution in [2.45, 2.75) is 58.8 Å². The van der Waals surface area contributed by atoms with E-state index in [0.29, 0.717) is 5.41 Å². The molecule has 1 aliphatic carbocycles. The Bertz CT molecular complexity index is 378. The minimum Gasteiger partial charge on any atom is -0.0617 e. The SMILES string of the molecule is Cc1cccc(C2(C)CCCCC2C)c1C. The highest BCUT2D eigenvalue weighted by Crippen LogP contribution is 2.44. The average Bonchev–Trinajstić information content (AvgIpc) is 2.26. The topological polar surface area (TPSA) is 0 Å². The van der Waals surface area contributed by atoms with E-state index in [1.165, 1.54) is 36.8 Å². The van der Waals surface area contributed by atoms with Crippen LogP contribution in [-0.2, 0) is 5.41 Å². The molecule has 0 radical (unpaired) electrons. The predicted molar refractivity (Wildman–Crippen MR) is 70.9 cm³/mol. The molecule has 0 aromatic heterocycles. The first kappa shape index (κ1) is 11.7.